The normalized spacial score (nSPS) is 22.2. The highest BCUT2D eigenvalue weighted by molar-refractivity contribution is 5.96. The predicted octanol–water partition coefficient (Wildman–Crippen LogP) is 1.11. The summed E-state index contributed by atoms with van der Waals surface area (Å²) in [5.74, 6) is -0.197. The summed E-state index contributed by atoms with van der Waals surface area (Å²) < 4.78 is 13.0. The molecule has 4 rings (SSSR count). The molecule has 2 atom stereocenters. The molecule has 118 valence electrons. The van der Waals surface area contributed by atoms with E-state index in [0.29, 0.717) is 13.2 Å². The number of hydrogen-bond acceptors (Lipinski definition) is 4. The summed E-state index contributed by atoms with van der Waals surface area (Å²) in [4.78, 5) is 24.6. The lowest BCUT2D eigenvalue weighted by Gasteiger charge is -2.30. The molecule has 6 nitrogen and oxygen atoms in total. The second kappa shape index (κ2) is 5.55. The molecule has 2 aliphatic heterocycles. The molecule has 0 aliphatic carbocycles. The van der Waals surface area contributed by atoms with Gasteiger partial charge in [-0.15, -0.1) is 0 Å². The molecule has 1 aromatic heterocycles. The first-order chi connectivity index (χ1) is 11.2. The van der Waals surface area contributed by atoms with Crippen LogP contribution in [0.1, 0.15) is 22.1 Å². The molecule has 3 heterocycles. The van der Waals surface area contributed by atoms with Crippen molar-refractivity contribution < 1.29 is 14.3 Å². The molecule has 0 saturated carbocycles. The van der Waals surface area contributed by atoms with E-state index in [2.05, 4.69) is 5.32 Å². The van der Waals surface area contributed by atoms with Crippen molar-refractivity contribution in [2.45, 2.75) is 18.7 Å². The van der Waals surface area contributed by atoms with E-state index in [9.17, 15) is 9.59 Å². The fourth-order valence-electron chi connectivity index (χ4n) is 3.09. The first kappa shape index (κ1) is 14.0. The van der Waals surface area contributed by atoms with E-state index in [1.165, 1.54) is 6.07 Å². The van der Waals surface area contributed by atoms with Gasteiger partial charge in [0.1, 0.15) is 6.61 Å². The van der Waals surface area contributed by atoms with Crippen LogP contribution in [0.5, 0.6) is 5.75 Å². The van der Waals surface area contributed by atoms with Crippen LogP contribution in [-0.2, 0) is 11.3 Å². The van der Waals surface area contributed by atoms with E-state index in [0.717, 1.165) is 5.56 Å². The van der Waals surface area contributed by atoms with Crippen molar-refractivity contribution in [2.75, 3.05) is 13.2 Å². The Morgan fingerprint density at radius 3 is 2.83 bits per heavy atom. The average Bonchev–Trinajstić information content (AvgIpc) is 3.03. The zero-order valence-corrected chi connectivity index (χ0v) is 12.4. The standard InChI is InChI=1S/C17H16N2O4/c20-14-6-7-19-13-10-22-9-12(13)18-17(21)15(19)16(14)23-8-11-4-2-1-3-5-11/h1-7,12-13H,8-10H2,(H,18,21)/t12-,13?/m1/s1. The third-order valence-corrected chi connectivity index (χ3v) is 4.25. The minimum atomic E-state index is -0.294. The Kier molecular flexibility index (Phi) is 3.38. The monoisotopic (exact) mass is 312 g/mol. The second-order valence-electron chi connectivity index (χ2n) is 5.72. The number of rotatable bonds is 3. The first-order valence-electron chi connectivity index (χ1n) is 7.54. The number of pyridine rings is 1. The number of aromatic nitrogens is 1. The van der Waals surface area contributed by atoms with Crippen LogP contribution in [0.25, 0.3) is 0 Å². The second-order valence-corrected chi connectivity index (χ2v) is 5.72. The highest BCUT2D eigenvalue weighted by Gasteiger charge is 2.39. The lowest BCUT2D eigenvalue weighted by molar-refractivity contribution is 0.0883. The molecule has 0 spiro atoms. The van der Waals surface area contributed by atoms with E-state index >= 15 is 0 Å². The van der Waals surface area contributed by atoms with Crippen LogP contribution in [0.2, 0.25) is 0 Å². The molecule has 6 heteroatoms. The molecule has 1 unspecified atom stereocenters. The van der Waals surface area contributed by atoms with Crippen molar-refractivity contribution in [2.24, 2.45) is 0 Å². The summed E-state index contributed by atoms with van der Waals surface area (Å²) >= 11 is 0. The Hall–Kier alpha value is -2.60. The van der Waals surface area contributed by atoms with Crippen LogP contribution >= 0.6 is 0 Å². The Bertz CT molecular complexity index is 800. The van der Waals surface area contributed by atoms with Crippen molar-refractivity contribution in [3.8, 4) is 5.75 Å². The van der Waals surface area contributed by atoms with Gasteiger partial charge in [-0.05, 0) is 5.56 Å². The molecule has 2 aliphatic rings. The van der Waals surface area contributed by atoms with Gasteiger partial charge in [-0.25, -0.2) is 0 Å². The van der Waals surface area contributed by atoms with Crippen molar-refractivity contribution in [1.82, 2.24) is 9.88 Å². The summed E-state index contributed by atoms with van der Waals surface area (Å²) in [5, 5.41) is 2.90. The maximum atomic E-state index is 12.4. The lowest BCUT2D eigenvalue weighted by Crippen LogP contribution is -2.48. The van der Waals surface area contributed by atoms with E-state index in [-0.39, 0.29) is 41.5 Å². The molecule has 1 amide bonds. The van der Waals surface area contributed by atoms with Crippen molar-refractivity contribution in [1.29, 1.82) is 0 Å². The number of carbonyl (C=O) groups excluding carboxylic acids is 1. The molecule has 23 heavy (non-hydrogen) atoms. The van der Waals surface area contributed by atoms with Crippen molar-refractivity contribution >= 4 is 5.91 Å². The fourth-order valence-corrected chi connectivity index (χ4v) is 3.09. The number of ether oxygens (including phenoxy) is 2. The van der Waals surface area contributed by atoms with Crippen LogP contribution in [0.3, 0.4) is 0 Å². The van der Waals surface area contributed by atoms with Crippen molar-refractivity contribution in [3.63, 3.8) is 0 Å². The molecule has 1 aromatic carbocycles. The van der Waals surface area contributed by atoms with Gasteiger partial charge in [0.15, 0.2) is 11.4 Å². The molecular formula is C17H16N2O4. The largest absolute Gasteiger partial charge is 0.483 e. The molecule has 1 fully saturated rings. The fraction of sp³-hybridized carbons (Fsp3) is 0.294. The van der Waals surface area contributed by atoms with Gasteiger partial charge < -0.3 is 19.4 Å². The summed E-state index contributed by atoms with van der Waals surface area (Å²) in [6.45, 7) is 1.24. The van der Waals surface area contributed by atoms with E-state index in [1.54, 1.807) is 10.8 Å². The zero-order chi connectivity index (χ0) is 15.8. The molecular weight excluding hydrogens is 296 g/mol. The highest BCUT2D eigenvalue weighted by Crippen LogP contribution is 2.29. The van der Waals surface area contributed by atoms with E-state index in [4.69, 9.17) is 9.47 Å². The minimum Gasteiger partial charge on any atom is -0.483 e. The van der Waals surface area contributed by atoms with Gasteiger partial charge in [0.05, 0.1) is 25.3 Å². The summed E-state index contributed by atoms with van der Waals surface area (Å²) in [6.07, 6.45) is 1.65. The van der Waals surface area contributed by atoms with Gasteiger partial charge >= 0.3 is 0 Å². The predicted molar refractivity (Wildman–Crippen MR) is 82.6 cm³/mol. The van der Waals surface area contributed by atoms with Gasteiger partial charge in [0.25, 0.3) is 5.91 Å². The lowest BCUT2D eigenvalue weighted by atomic mass is 10.1. The minimum absolute atomic E-state index is 0.00220. The summed E-state index contributed by atoms with van der Waals surface area (Å²) in [5.41, 5.74) is 0.924. The van der Waals surface area contributed by atoms with Crippen LogP contribution in [0.15, 0.2) is 47.4 Å². The first-order valence-corrected chi connectivity index (χ1v) is 7.54. The highest BCUT2D eigenvalue weighted by atomic mass is 16.5. The Morgan fingerprint density at radius 2 is 2.00 bits per heavy atom. The number of nitrogens with one attached hydrogen (secondary N) is 1. The molecule has 1 saturated heterocycles. The van der Waals surface area contributed by atoms with E-state index < -0.39 is 0 Å². The van der Waals surface area contributed by atoms with Crippen LogP contribution in [0, 0.1) is 0 Å². The number of fused-ring (bicyclic) bond motifs is 3. The quantitative estimate of drug-likeness (QED) is 0.922. The maximum Gasteiger partial charge on any atom is 0.272 e. The Morgan fingerprint density at radius 1 is 1.17 bits per heavy atom. The van der Waals surface area contributed by atoms with Gasteiger partial charge in [-0.3, -0.25) is 9.59 Å². The van der Waals surface area contributed by atoms with Crippen LogP contribution in [0.4, 0.5) is 0 Å². The Balaban J connectivity index is 1.71. The third-order valence-electron chi connectivity index (χ3n) is 4.25. The van der Waals surface area contributed by atoms with Crippen LogP contribution in [-0.4, -0.2) is 29.7 Å². The average molecular weight is 312 g/mol. The summed E-state index contributed by atoms with van der Waals surface area (Å²) in [7, 11) is 0. The van der Waals surface area contributed by atoms with E-state index in [1.807, 2.05) is 30.3 Å². The van der Waals surface area contributed by atoms with Crippen molar-refractivity contribution in [3.05, 3.63) is 64.1 Å². The summed E-state index contributed by atoms with van der Waals surface area (Å²) in [6, 6.07) is 10.9. The van der Waals surface area contributed by atoms with Gasteiger partial charge in [-0.2, -0.15) is 0 Å². The maximum absolute atomic E-state index is 12.4. The molecule has 0 bridgehead atoms. The smallest absolute Gasteiger partial charge is 0.272 e. The SMILES string of the molecule is O=C1N[C@@H]2COCC2n2ccc(=O)c(OCc3ccccc3)c21. The Labute approximate surface area is 132 Å². The molecule has 0 radical (unpaired) electrons. The van der Waals surface area contributed by atoms with Gasteiger partial charge in [0, 0.05) is 12.3 Å². The zero-order valence-electron chi connectivity index (χ0n) is 12.4. The topological polar surface area (TPSA) is 69.6 Å². The molecule has 1 N–H and O–H groups in total. The van der Waals surface area contributed by atoms with Gasteiger partial charge in [-0.1, -0.05) is 30.3 Å². The number of amides is 1. The van der Waals surface area contributed by atoms with Crippen LogP contribution < -0.4 is 15.5 Å². The number of nitrogens with zero attached hydrogens (tertiary/aromatic N) is 1. The third kappa shape index (κ3) is 2.41. The number of carbonyl (C=O) groups is 1. The number of benzene rings is 1. The van der Waals surface area contributed by atoms with Gasteiger partial charge in [0.2, 0.25) is 5.43 Å². The molecule has 2 aromatic rings. The number of hydrogen-bond donors (Lipinski definition) is 1.